The third-order valence-corrected chi connectivity index (χ3v) is 13.2. The van der Waals surface area contributed by atoms with Crippen molar-refractivity contribution in [2.45, 2.75) is 52.4 Å². The SMILES string of the molecule is CC.CCCCC.c1ccc(C2(c3ccccc3)c3cc(-c4cccc5ccccc45)ccc3-c3c2cc2ccc4c(-c5cccc6ccccc56)ccc5ccc3c2c54)cc1. The molecule has 0 N–H and O–H groups in total. The second-order valence-electron chi connectivity index (χ2n) is 16.5. The van der Waals surface area contributed by atoms with Gasteiger partial charge in [0.25, 0.3) is 0 Å². The Balaban J connectivity index is 0.000000614. The van der Waals surface area contributed by atoms with Crippen LogP contribution in [0, 0.1) is 0 Å². The van der Waals surface area contributed by atoms with Gasteiger partial charge in [0, 0.05) is 0 Å². The summed E-state index contributed by atoms with van der Waals surface area (Å²) in [7, 11) is 0. The second kappa shape index (κ2) is 16.4. The molecule has 0 saturated carbocycles. The third-order valence-electron chi connectivity index (χ3n) is 13.2. The van der Waals surface area contributed by atoms with Crippen LogP contribution in [0.15, 0.2) is 206 Å². The van der Waals surface area contributed by atoms with Gasteiger partial charge in [-0.15, -0.1) is 0 Å². The van der Waals surface area contributed by atoms with Crippen LogP contribution in [0.1, 0.15) is 69.2 Å². The summed E-state index contributed by atoms with van der Waals surface area (Å²) in [5.74, 6) is 0. The zero-order valence-electron chi connectivity index (χ0n) is 36.3. The monoisotopic (exact) mass is 796 g/mol. The Morgan fingerprint density at radius 3 is 1.48 bits per heavy atom. The van der Waals surface area contributed by atoms with Crippen molar-refractivity contribution < 1.29 is 0 Å². The van der Waals surface area contributed by atoms with Crippen molar-refractivity contribution in [2.75, 3.05) is 0 Å². The van der Waals surface area contributed by atoms with E-state index in [1.54, 1.807) is 0 Å². The predicted octanol–water partition coefficient (Wildman–Crippen LogP) is 17.8. The zero-order chi connectivity index (χ0) is 42.2. The fourth-order valence-corrected chi connectivity index (χ4v) is 10.5. The Hall–Kier alpha value is -7.02. The van der Waals surface area contributed by atoms with Crippen LogP contribution in [-0.2, 0) is 5.41 Å². The van der Waals surface area contributed by atoms with Crippen LogP contribution in [0.25, 0.3) is 87.2 Å². The van der Waals surface area contributed by atoms with Crippen LogP contribution in [0.5, 0.6) is 0 Å². The first kappa shape index (κ1) is 39.1. The van der Waals surface area contributed by atoms with Gasteiger partial charge >= 0.3 is 0 Å². The Morgan fingerprint density at radius 1 is 0.339 bits per heavy atom. The molecule has 0 fully saturated rings. The summed E-state index contributed by atoms with van der Waals surface area (Å²) in [6, 6.07) is 77.2. The van der Waals surface area contributed by atoms with E-state index in [-0.39, 0.29) is 0 Å². The third kappa shape index (κ3) is 6.12. The van der Waals surface area contributed by atoms with Gasteiger partial charge in [-0.2, -0.15) is 0 Å². The highest BCUT2D eigenvalue weighted by Crippen LogP contribution is 2.60. The van der Waals surface area contributed by atoms with Gasteiger partial charge in [-0.3, -0.25) is 0 Å². The van der Waals surface area contributed by atoms with Crippen LogP contribution in [0.4, 0.5) is 0 Å². The molecule has 300 valence electrons. The van der Waals surface area contributed by atoms with Crippen LogP contribution >= 0.6 is 0 Å². The molecule has 1 aliphatic carbocycles. The van der Waals surface area contributed by atoms with Gasteiger partial charge < -0.3 is 0 Å². The summed E-state index contributed by atoms with van der Waals surface area (Å²) in [5.41, 5.74) is 12.4. The average Bonchev–Trinajstić information content (AvgIpc) is 3.64. The van der Waals surface area contributed by atoms with Gasteiger partial charge in [0.2, 0.25) is 0 Å². The molecule has 0 spiro atoms. The van der Waals surface area contributed by atoms with Gasteiger partial charge in [0.05, 0.1) is 5.41 Å². The molecule has 0 aromatic heterocycles. The largest absolute Gasteiger partial charge is 0.0714 e. The van der Waals surface area contributed by atoms with E-state index in [4.69, 9.17) is 0 Å². The second-order valence-corrected chi connectivity index (χ2v) is 16.5. The molecule has 0 aliphatic heterocycles. The number of fused-ring (bicyclic) bond motifs is 6. The minimum Gasteiger partial charge on any atom is -0.0683 e. The lowest BCUT2D eigenvalue weighted by Crippen LogP contribution is -2.28. The van der Waals surface area contributed by atoms with Crippen molar-refractivity contribution in [3.8, 4) is 33.4 Å². The topological polar surface area (TPSA) is 0 Å². The molecule has 0 heterocycles. The van der Waals surface area contributed by atoms with Gasteiger partial charge in [-0.1, -0.05) is 241 Å². The first-order chi connectivity index (χ1) is 30.7. The quantitative estimate of drug-likeness (QED) is 0.147. The van der Waals surface area contributed by atoms with Crippen molar-refractivity contribution in [3.05, 3.63) is 229 Å². The van der Waals surface area contributed by atoms with Crippen molar-refractivity contribution in [1.82, 2.24) is 0 Å². The van der Waals surface area contributed by atoms with Crippen molar-refractivity contribution in [1.29, 1.82) is 0 Å². The van der Waals surface area contributed by atoms with E-state index in [0.29, 0.717) is 0 Å². The lowest BCUT2D eigenvalue weighted by atomic mass is 9.67. The molecular formula is C62H52. The molecule has 0 saturated heterocycles. The molecule has 12 rings (SSSR count). The molecule has 0 bridgehead atoms. The van der Waals surface area contributed by atoms with E-state index >= 15 is 0 Å². The lowest BCUT2D eigenvalue weighted by molar-refractivity contribution is 0.770. The highest BCUT2D eigenvalue weighted by Gasteiger charge is 2.47. The van der Waals surface area contributed by atoms with Gasteiger partial charge in [0.1, 0.15) is 0 Å². The Bertz CT molecular complexity index is 3300. The smallest absolute Gasteiger partial charge is 0.0683 e. The highest BCUT2D eigenvalue weighted by atomic mass is 14.5. The molecule has 0 unspecified atom stereocenters. The summed E-state index contributed by atoms with van der Waals surface area (Å²) in [5, 5.41) is 12.9. The molecule has 1 aliphatic rings. The van der Waals surface area contributed by atoms with Crippen LogP contribution in [0.3, 0.4) is 0 Å². The van der Waals surface area contributed by atoms with Crippen molar-refractivity contribution in [2.24, 2.45) is 0 Å². The van der Waals surface area contributed by atoms with E-state index < -0.39 is 5.41 Å². The molecule has 11 aromatic rings. The van der Waals surface area contributed by atoms with Crippen molar-refractivity contribution in [3.63, 3.8) is 0 Å². The number of hydrogen-bond acceptors (Lipinski definition) is 0. The molecular weight excluding hydrogens is 745 g/mol. The maximum atomic E-state index is 2.53. The van der Waals surface area contributed by atoms with E-state index in [1.807, 2.05) is 13.8 Å². The molecule has 11 aromatic carbocycles. The summed E-state index contributed by atoms with van der Waals surface area (Å²) in [4.78, 5) is 0. The van der Waals surface area contributed by atoms with Crippen molar-refractivity contribution >= 4 is 53.9 Å². The Kier molecular flexibility index (Phi) is 10.4. The Labute approximate surface area is 366 Å². The van der Waals surface area contributed by atoms with E-state index in [0.717, 1.165) is 0 Å². The van der Waals surface area contributed by atoms with E-state index in [2.05, 4.69) is 220 Å². The first-order valence-electron chi connectivity index (χ1n) is 22.7. The van der Waals surface area contributed by atoms with Crippen LogP contribution < -0.4 is 0 Å². The number of rotatable bonds is 6. The van der Waals surface area contributed by atoms with Gasteiger partial charge in [-0.05, 0) is 122 Å². The fourth-order valence-electron chi connectivity index (χ4n) is 10.5. The average molecular weight is 797 g/mol. The molecule has 0 radical (unpaired) electrons. The standard InChI is InChI=1S/C55H34.C5H12.C2H6/c1-3-17-40(18-4-1)55(41-19-5-2-6-20-41)50-33-38(44-23-11-15-35-13-7-9-21-42(35)44)27-31-48(50)54-49-32-26-37-25-29-46(45-24-12-16-36-14-8-10-22-43(36)45)47-30-28-39(34-51(54)55)53(49)52(37)47;1-3-5-4-2;1-2/h1-34H;3-5H2,1-2H3;1-2H3. The maximum Gasteiger partial charge on any atom is 0.0714 e. The molecule has 0 heteroatoms. The Morgan fingerprint density at radius 2 is 0.839 bits per heavy atom. The number of benzene rings is 11. The predicted molar refractivity (Wildman–Crippen MR) is 270 cm³/mol. The summed E-state index contributed by atoms with van der Waals surface area (Å²) < 4.78 is 0. The summed E-state index contributed by atoms with van der Waals surface area (Å²) >= 11 is 0. The summed E-state index contributed by atoms with van der Waals surface area (Å²) in [6.07, 6.45) is 4.08. The first-order valence-corrected chi connectivity index (χ1v) is 22.7. The van der Waals surface area contributed by atoms with Crippen LogP contribution in [0.2, 0.25) is 0 Å². The van der Waals surface area contributed by atoms with Crippen LogP contribution in [-0.4, -0.2) is 0 Å². The zero-order valence-corrected chi connectivity index (χ0v) is 36.3. The molecule has 0 atom stereocenters. The minimum absolute atomic E-state index is 0.521. The normalized spacial score (nSPS) is 12.5. The molecule has 0 nitrogen and oxygen atoms in total. The highest BCUT2D eigenvalue weighted by molar-refractivity contribution is 6.29. The number of unbranched alkanes of at least 4 members (excludes halogenated alkanes) is 2. The minimum atomic E-state index is -0.521. The maximum absolute atomic E-state index is 2.53. The lowest BCUT2D eigenvalue weighted by Gasteiger charge is -2.34. The molecule has 62 heavy (non-hydrogen) atoms. The molecule has 0 amide bonds. The fraction of sp³-hybridized carbons (Fsp3) is 0.129. The number of hydrogen-bond donors (Lipinski definition) is 0. The van der Waals surface area contributed by atoms with Gasteiger partial charge in [0.15, 0.2) is 0 Å². The van der Waals surface area contributed by atoms with Gasteiger partial charge in [-0.25, -0.2) is 0 Å². The van der Waals surface area contributed by atoms with E-state index in [1.165, 1.54) is 129 Å². The van der Waals surface area contributed by atoms with E-state index in [9.17, 15) is 0 Å². The summed E-state index contributed by atoms with van der Waals surface area (Å²) in [6.45, 7) is 8.42.